The Balaban J connectivity index is 1.71. The number of amides is 1. The monoisotopic (exact) mass is 373 g/mol. The second kappa shape index (κ2) is 9.78. The van der Waals surface area contributed by atoms with Crippen molar-refractivity contribution in [2.24, 2.45) is 0 Å². The molecule has 140 valence electrons. The first-order valence-electron chi connectivity index (χ1n) is 9.40. The van der Waals surface area contributed by atoms with Gasteiger partial charge < -0.3 is 14.6 Å². The minimum absolute atomic E-state index is 0.0661. The Labute approximate surface area is 159 Å². The molecule has 6 heteroatoms. The minimum atomic E-state index is 0.0661. The molecule has 0 spiro atoms. The number of benzene rings is 1. The van der Waals surface area contributed by atoms with E-state index < -0.39 is 0 Å². The topological polar surface area (TPSA) is 56.2 Å². The number of rotatable bonds is 9. The average Bonchev–Trinajstić information content (AvgIpc) is 3.31. The van der Waals surface area contributed by atoms with Crippen LogP contribution in [0.25, 0.3) is 11.3 Å². The molecule has 0 radical (unpaired) electrons. The molecule has 26 heavy (non-hydrogen) atoms. The second-order valence-electron chi connectivity index (χ2n) is 6.53. The maximum atomic E-state index is 12.0. The van der Waals surface area contributed by atoms with Crippen molar-refractivity contribution in [3.63, 3.8) is 0 Å². The first-order valence-corrected chi connectivity index (χ1v) is 10.4. The number of carbonyl (C=O) groups excluding carboxylic acids is 1. The van der Waals surface area contributed by atoms with Crippen molar-refractivity contribution in [1.82, 2.24) is 14.9 Å². The second-order valence-corrected chi connectivity index (χ2v) is 7.47. The van der Waals surface area contributed by atoms with Crippen molar-refractivity contribution in [2.45, 2.75) is 50.4 Å². The summed E-state index contributed by atoms with van der Waals surface area (Å²) in [5, 5.41) is 3.84. The number of nitrogens with zero attached hydrogens (tertiary/aromatic N) is 2. The van der Waals surface area contributed by atoms with Gasteiger partial charge in [-0.15, -0.1) is 0 Å². The molecule has 1 aromatic carbocycles. The zero-order valence-corrected chi connectivity index (χ0v) is 16.1. The van der Waals surface area contributed by atoms with Crippen LogP contribution in [0, 0.1) is 0 Å². The van der Waals surface area contributed by atoms with Gasteiger partial charge in [0.1, 0.15) is 0 Å². The number of aromatic nitrogens is 2. The van der Waals surface area contributed by atoms with E-state index in [1.807, 2.05) is 24.4 Å². The van der Waals surface area contributed by atoms with Crippen LogP contribution in [0.5, 0.6) is 0 Å². The third kappa shape index (κ3) is 5.11. The molecule has 1 unspecified atom stereocenters. The average molecular weight is 374 g/mol. The van der Waals surface area contributed by atoms with Crippen molar-refractivity contribution in [2.75, 3.05) is 18.9 Å². The van der Waals surface area contributed by atoms with Gasteiger partial charge >= 0.3 is 0 Å². The van der Waals surface area contributed by atoms with E-state index in [0.29, 0.717) is 5.75 Å². The summed E-state index contributed by atoms with van der Waals surface area (Å²) in [4.78, 5) is 16.6. The molecule has 1 amide bonds. The largest absolute Gasteiger partial charge is 0.376 e. The molecule has 0 aliphatic carbocycles. The highest BCUT2D eigenvalue weighted by atomic mass is 32.2. The SMILES string of the molecule is CCCCNC(=O)CSc1ncc(-c2ccccc2)n1CC1CCCO1. The lowest BCUT2D eigenvalue weighted by Gasteiger charge is -2.16. The zero-order valence-electron chi connectivity index (χ0n) is 15.3. The molecule has 1 fully saturated rings. The zero-order chi connectivity index (χ0) is 18.2. The summed E-state index contributed by atoms with van der Waals surface area (Å²) in [5.41, 5.74) is 2.22. The summed E-state index contributed by atoms with van der Waals surface area (Å²) >= 11 is 1.50. The highest BCUT2D eigenvalue weighted by Gasteiger charge is 2.21. The lowest BCUT2D eigenvalue weighted by molar-refractivity contribution is -0.118. The Kier molecular flexibility index (Phi) is 7.14. The predicted octanol–water partition coefficient (Wildman–Crippen LogP) is 3.74. The molecule has 1 aliphatic heterocycles. The molecule has 2 aromatic rings. The van der Waals surface area contributed by atoms with Gasteiger partial charge in [0, 0.05) is 13.2 Å². The molecular weight excluding hydrogens is 346 g/mol. The Morgan fingerprint density at radius 2 is 2.23 bits per heavy atom. The van der Waals surface area contributed by atoms with E-state index in [1.54, 1.807) is 0 Å². The van der Waals surface area contributed by atoms with Crippen LogP contribution in [0.2, 0.25) is 0 Å². The molecule has 1 N–H and O–H groups in total. The summed E-state index contributed by atoms with van der Waals surface area (Å²) < 4.78 is 8.03. The van der Waals surface area contributed by atoms with Gasteiger partial charge in [-0.3, -0.25) is 4.79 Å². The Bertz CT molecular complexity index is 696. The highest BCUT2D eigenvalue weighted by Crippen LogP contribution is 2.28. The van der Waals surface area contributed by atoms with E-state index in [4.69, 9.17) is 4.74 Å². The standard InChI is InChI=1S/C20H27N3O2S/c1-2-3-11-21-19(24)15-26-20-22-13-18(16-8-5-4-6-9-16)23(20)14-17-10-7-12-25-17/h4-6,8-9,13,17H,2-3,7,10-12,14-15H2,1H3,(H,21,24). The van der Waals surface area contributed by atoms with Gasteiger partial charge in [-0.25, -0.2) is 4.98 Å². The maximum absolute atomic E-state index is 12.0. The van der Waals surface area contributed by atoms with Gasteiger partial charge in [-0.2, -0.15) is 0 Å². The van der Waals surface area contributed by atoms with Crippen LogP contribution >= 0.6 is 11.8 Å². The van der Waals surface area contributed by atoms with Crippen LogP contribution < -0.4 is 5.32 Å². The van der Waals surface area contributed by atoms with Gasteiger partial charge in [0.25, 0.3) is 0 Å². The molecule has 1 saturated heterocycles. The number of nitrogens with one attached hydrogen (secondary N) is 1. The van der Waals surface area contributed by atoms with E-state index >= 15 is 0 Å². The van der Waals surface area contributed by atoms with Gasteiger partial charge in [0.15, 0.2) is 5.16 Å². The van der Waals surface area contributed by atoms with Crippen molar-refractivity contribution in [3.8, 4) is 11.3 Å². The van der Waals surface area contributed by atoms with Gasteiger partial charge in [0.2, 0.25) is 5.91 Å². The molecule has 1 atom stereocenters. The number of imidazole rings is 1. The minimum Gasteiger partial charge on any atom is -0.376 e. The summed E-state index contributed by atoms with van der Waals surface area (Å²) in [7, 11) is 0. The van der Waals surface area contributed by atoms with Crippen LogP contribution in [0.4, 0.5) is 0 Å². The summed E-state index contributed by atoms with van der Waals surface area (Å²) in [6.07, 6.45) is 6.42. The van der Waals surface area contributed by atoms with E-state index in [-0.39, 0.29) is 12.0 Å². The van der Waals surface area contributed by atoms with Crippen LogP contribution in [0.3, 0.4) is 0 Å². The van der Waals surface area contributed by atoms with Crippen LogP contribution in [0.15, 0.2) is 41.7 Å². The number of ether oxygens (including phenoxy) is 1. The first kappa shape index (κ1) is 19.0. The fraction of sp³-hybridized carbons (Fsp3) is 0.500. The quantitative estimate of drug-likeness (QED) is 0.537. The van der Waals surface area contributed by atoms with Crippen molar-refractivity contribution >= 4 is 17.7 Å². The number of hydrogen-bond acceptors (Lipinski definition) is 4. The maximum Gasteiger partial charge on any atom is 0.230 e. The van der Waals surface area contributed by atoms with Crippen LogP contribution in [0.1, 0.15) is 32.6 Å². The molecule has 5 nitrogen and oxygen atoms in total. The fourth-order valence-corrected chi connectivity index (χ4v) is 3.89. The summed E-state index contributed by atoms with van der Waals surface area (Å²) in [6.45, 7) is 4.48. The number of thioether (sulfide) groups is 1. The van der Waals surface area contributed by atoms with Crippen LogP contribution in [-0.2, 0) is 16.1 Å². The van der Waals surface area contributed by atoms with Crippen LogP contribution in [-0.4, -0.2) is 40.5 Å². The van der Waals surface area contributed by atoms with Gasteiger partial charge in [-0.1, -0.05) is 55.4 Å². The summed E-state index contributed by atoms with van der Waals surface area (Å²) in [6, 6.07) is 10.3. The number of carbonyl (C=O) groups is 1. The number of hydrogen-bond donors (Lipinski definition) is 1. The van der Waals surface area contributed by atoms with Gasteiger partial charge in [-0.05, 0) is 24.8 Å². The normalized spacial score (nSPS) is 16.7. The van der Waals surface area contributed by atoms with Crippen molar-refractivity contribution < 1.29 is 9.53 Å². The van der Waals surface area contributed by atoms with E-state index in [9.17, 15) is 4.79 Å². The third-order valence-corrected chi connectivity index (χ3v) is 5.47. The molecule has 3 rings (SSSR count). The highest BCUT2D eigenvalue weighted by molar-refractivity contribution is 7.99. The fourth-order valence-electron chi connectivity index (χ4n) is 3.07. The van der Waals surface area contributed by atoms with E-state index in [0.717, 1.165) is 61.8 Å². The lowest BCUT2D eigenvalue weighted by Crippen LogP contribution is -2.26. The molecule has 1 aliphatic rings. The summed E-state index contributed by atoms with van der Waals surface area (Å²) in [5.74, 6) is 0.455. The molecular formula is C20H27N3O2S. The molecule has 0 saturated carbocycles. The van der Waals surface area contributed by atoms with Crippen molar-refractivity contribution in [1.29, 1.82) is 0 Å². The Morgan fingerprint density at radius 1 is 1.38 bits per heavy atom. The van der Waals surface area contributed by atoms with E-state index in [1.165, 1.54) is 11.8 Å². The Morgan fingerprint density at radius 3 is 2.96 bits per heavy atom. The molecule has 1 aromatic heterocycles. The molecule has 0 bridgehead atoms. The van der Waals surface area contributed by atoms with Crippen molar-refractivity contribution in [3.05, 3.63) is 36.5 Å². The third-order valence-electron chi connectivity index (χ3n) is 4.48. The molecule has 2 heterocycles. The first-order chi connectivity index (χ1) is 12.8. The Hall–Kier alpha value is -1.79. The smallest absolute Gasteiger partial charge is 0.230 e. The van der Waals surface area contributed by atoms with Gasteiger partial charge in [0.05, 0.1) is 30.3 Å². The number of unbranched alkanes of at least 4 members (excludes halogenated alkanes) is 1. The lowest BCUT2D eigenvalue weighted by atomic mass is 10.1. The van der Waals surface area contributed by atoms with E-state index in [2.05, 4.69) is 33.9 Å². The predicted molar refractivity (Wildman–Crippen MR) is 105 cm³/mol.